The quantitative estimate of drug-likeness (QED) is 0.831. The van der Waals surface area contributed by atoms with Gasteiger partial charge in [0.05, 0.1) is 23.7 Å². The van der Waals surface area contributed by atoms with Crippen LogP contribution in [0.3, 0.4) is 0 Å². The van der Waals surface area contributed by atoms with Crippen LogP contribution in [0.1, 0.15) is 22.1 Å². The molecule has 0 atom stereocenters. The molecule has 0 bridgehead atoms. The molecule has 0 saturated carbocycles. The zero-order chi connectivity index (χ0) is 11.8. The Balaban J connectivity index is 0.000000902. The third-order valence-corrected chi connectivity index (χ3v) is 3.09. The molecule has 7 heteroatoms. The summed E-state index contributed by atoms with van der Waals surface area (Å²) < 4.78 is 4.69. The van der Waals surface area contributed by atoms with E-state index in [-0.39, 0.29) is 30.8 Å². The van der Waals surface area contributed by atoms with Gasteiger partial charge in [-0.1, -0.05) is 0 Å². The number of fused-ring (bicyclic) bond motifs is 1. The highest BCUT2D eigenvalue weighted by atomic mass is 35.5. The van der Waals surface area contributed by atoms with E-state index in [0.717, 1.165) is 29.9 Å². The Bertz CT molecular complexity index is 581. The summed E-state index contributed by atoms with van der Waals surface area (Å²) >= 11 is 0. The van der Waals surface area contributed by atoms with Gasteiger partial charge in [0, 0.05) is 19.0 Å². The first kappa shape index (κ1) is 15.8. The van der Waals surface area contributed by atoms with Gasteiger partial charge in [0.2, 0.25) is 0 Å². The molecule has 1 aromatic carbocycles. The van der Waals surface area contributed by atoms with Crippen LogP contribution < -0.4 is 5.32 Å². The number of esters is 1. The average molecular weight is 304 g/mol. The number of nitrogens with one attached hydrogen (secondary N) is 2. The van der Waals surface area contributed by atoms with Crippen molar-refractivity contribution in [2.24, 2.45) is 0 Å². The second-order valence-corrected chi connectivity index (χ2v) is 4.20. The summed E-state index contributed by atoms with van der Waals surface area (Å²) in [6.45, 7) is 1.92. The van der Waals surface area contributed by atoms with Crippen molar-refractivity contribution in [2.45, 2.75) is 5.92 Å². The summed E-state index contributed by atoms with van der Waals surface area (Å²) in [6, 6.07) is 5.36. The lowest BCUT2D eigenvalue weighted by atomic mass is 10.0. The van der Waals surface area contributed by atoms with Crippen molar-refractivity contribution in [3.63, 3.8) is 0 Å². The monoisotopic (exact) mass is 303 g/mol. The van der Waals surface area contributed by atoms with Crippen LogP contribution in [0.25, 0.3) is 11.0 Å². The van der Waals surface area contributed by atoms with Gasteiger partial charge in [-0.05, 0) is 18.2 Å². The highest BCUT2D eigenvalue weighted by molar-refractivity contribution is 5.93. The number of H-pyrrole nitrogens is 1. The van der Waals surface area contributed by atoms with Crippen LogP contribution in [-0.2, 0) is 4.74 Å². The molecule has 1 aromatic heterocycles. The van der Waals surface area contributed by atoms with Gasteiger partial charge in [-0.3, -0.25) is 0 Å². The molecule has 0 radical (unpaired) electrons. The van der Waals surface area contributed by atoms with E-state index in [1.54, 1.807) is 12.1 Å². The molecule has 0 aliphatic carbocycles. The maximum absolute atomic E-state index is 11.4. The summed E-state index contributed by atoms with van der Waals surface area (Å²) in [7, 11) is 1.38. The summed E-state index contributed by atoms with van der Waals surface area (Å²) in [5.41, 5.74) is 2.32. The number of carbonyl (C=O) groups excluding carboxylic acids is 1. The minimum absolute atomic E-state index is 0. The van der Waals surface area contributed by atoms with E-state index in [2.05, 4.69) is 20.0 Å². The normalized spacial score (nSPS) is 14.2. The Labute approximate surface area is 122 Å². The molecule has 0 spiro atoms. The molecule has 0 amide bonds. The molecule has 1 fully saturated rings. The van der Waals surface area contributed by atoms with Crippen molar-refractivity contribution >= 4 is 41.8 Å². The third-order valence-electron chi connectivity index (χ3n) is 3.09. The highest BCUT2D eigenvalue weighted by Crippen LogP contribution is 2.21. The molecule has 2 N–H and O–H groups in total. The van der Waals surface area contributed by atoms with E-state index in [0.29, 0.717) is 11.5 Å². The zero-order valence-corrected chi connectivity index (χ0v) is 11.9. The van der Waals surface area contributed by atoms with E-state index < -0.39 is 0 Å². The number of rotatable bonds is 2. The summed E-state index contributed by atoms with van der Waals surface area (Å²) in [5.74, 6) is 1.12. The fourth-order valence-electron chi connectivity index (χ4n) is 1.95. The van der Waals surface area contributed by atoms with E-state index in [1.165, 1.54) is 7.11 Å². The van der Waals surface area contributed by atoms with E-state index >= 15 is 0 Å². The smallest absolute Gasteiger partial charge is 0.337 e. The Kier molecular flexibility index (Phi) is 5.17. The SMILES string of the molecule is COC(=O)c1ccc2nc(C3CNC3)[nH]c2c1.Cl.Cl. The van der Waals surface area contributed by atoms with E-state index in [1.807, 2.05) is 6.07 Å². The van der Waals surface area contributed by atoms with Gasteiger partial charge in [-0.2, -0.15) is 0 Å². The van der Waals surface area contributed by atoms with Crippen LogP contribution in [0, 0.1) is 0 Å². The molecule has 0 unspecified atom stereocenters. The number of benzene rings is 1. The Hall–Kier alpha value is -1.30. The minimum atomic E-state index is -0.326. The number of methoxy groups -OCH3 is 1. The van der Waals surface area contributed by atoms with Crippen molar-refractivity contribution in [1.29, 1.82) is 0 Å². The maximum atomic E-state index is 11.4. The predicted octanol–water partition coefficient (Wildman–Crippen LogP) is 1.88. The molecule has 19 heavy (non-hydrogen) atoms. The van der Waals surface area contributed by atoms with Crippen LogP contribution >= 0.6 is 24.8 Å². The number of nitrogens with zero attached hydrogens (tertiary/aromatic N) is 1. The predicted molar refractivity (Wildman–Crippen MR) is 77.5 cm³/mol. The molecule has 5 nitrogen and oxygen atoms in total. The Morgan fingerprint density at radius 2 is 2.11 bits per heavy atom. The van der Waals surface area contributed by atoms with Gasteiger partial charge in [0.15, 0.2) is 0 Å². The topological polar surface area (TPSA) is 67.0 Å². The second kappa shape index (κ2) is 6.23. The van der Waals surface area contributed by atoms with Crippen molar-refractivity contribution in [3.05, 3.63) is 29.6 Å². The molecule has 3 rings (SSSR count). The van der Waals surface area contributed by atoms with Gasteiger partial charge < -0.3 is 15.0 Å². The van der Waals surface area contributed by atoms with Gasteiger partial charge in [-0.25, -0.2) is 9.78 Å². The van der Waals surface area contributed by atoms with E-state index in [4.69, 9.17) is 0 Å². The van der Waals surface area contributed by atoms with Crippen LogP contribution in [0.5, 0.6) is 0 Å². The van der Waals surface area contributed by atoms with Gasteiger partial charge in [0.1, 0.15) is 5.82 Å². The molecule has 1 aliphatic heterocycles. The highest BCUT2D eigenvalue weighted by Gasteiger charge is 2.22. The zero-order valence-electron chi connectivity index (χ0n) is 10.3. The molecule has 1 saturated heterocycles. The molecule has 2 heterocycles. The average Bonchev–Trinajstić information content (AvgIpc) is 2.67. The lowest BCUT2D eigenvalue weighted by Crippen LogP contribution is -2.40. The van der Waals surface area contributed by atoms with Crippen molar-refractivity contribution < 1.29 is 9.53 Å². The van der Waals surface area contributed by atoms with Crippen LogP contribution in [0.15, 0.2) is 18.2 Å². The lowest BCUT2D eigenvalue weighted by Gasteiger charge is -2.24. The molecule has 1 aliphatic rings. The number of ether oxygens (including phenoxy) is 1. The standard InChI is InChI=1S/C12H13N3O2.2ClH/c1-17-12(16)7-2-3-9-10(4-7)15-11(14-9)8-5-13-6-8;;/h2-4,8,13H,5-6H2,1H3,(H,14,15);2*1H. The van der Waals surface area contributed by atoms with Crippen molar-refractivity contribution in [2.75, 3.05) is 20.2 Å². The summed E-state index contributed by atoms with van der Waals surface area (Å²) in [6.07, 6.45) is 0. The largest absolute Gasteiger partial charge is 0.465 e. The summed E-state index contributed by atoms with van der Waals surface area (Å²) in [4.78, 5) is 19.2. The van der Waals surface area contributed by atoms with Gasteiger partial charge in [-0.15, -0.1) is 24.8 Å². The maximum Gasteiger partial charge on any atom is 0.337 e. The van der Waals surface area contributed by atoms with E-state index in [9.17, 15) is 4.79 Å². The number of hydrogen-bond donors (Lipinski definition) is 2. The first-order valence-corrected chi connectivity index (χ1v) is 5.56. The van der Waals surface area contributed by atoms with Gasteiger partial charge >= 0.3 is 5.97 Å². The van der Waals surface area contributed by atoms with Crippen LogP contribution in [-0.4, -0.2) is 36.1 Å². The number of imidazole rings is 1. The molecule has 104 valence electrons. The number of carbonyl (C=O) groups is 1. The van der Waals surface area contributed by atoms with Crippen molar-refractivity contribution in [1.82, 2.24) is 15.3 Å². The van der Waals surface area contributed by atoms with Crippen molar-refractivity contribution in [3.8, 4) is 0 Å². The molecular weight excluding hydrogens is 289 g/mol. The molecular formula is C12H15Cl2N3O2. The number of aromatic amines is 1. The fourth-order valence-corrected chi connectivity index (χ4v) is 1.95. The minimum Gasteiger partial charge on any atom is -0.465 e. The third kappa shape index (κ3) is 2.83. The lowest BCUT2D eigenvalue weighted by molar-refractivity contribution is 0.0601. The number of halogens is 2. The van der Waals surface area contributed by atoms with Gasteiger partial charge in [0.25, 0.3) is 0 Å². The fraction of sp³-hybridized carbons (Fsp3) is 0.333. The van der Waals surface area contributed by atoms with Crippen LogP contribution in [0.2, 0.25) is 0 Å². The first-order valence-electron chi connectivity index (χ1n) is 5.56. The number of hydrogen-bond acceptors (Lipinski definition) is 4. The van der Waals surface area contributed by atoms with Crippen LogP contribution in [0.4, 0.5) is 0 Å². The number of aromatic nitrogens is 2. The molecule has 2 aromatic rings. The Morgan fingerprint density at radius 1 is 1.37 bits per heavy atom. The second-order valence-electron chi connectivity index (χ2n) is 4.20. The first-order chi connectivity index (χ1) is 8.28. The Morgan fingerprint density at radius 3 is 2.68 bits per heavy atom. The summed E-state index contributed by atoms with van der Waals surface area (Å²) in [5, 5.41) is 3.21.